The summed E-state index contributed by atoms with van der Waals surface area (Å²) in [6, 6.07) is 9.65. The Morgan fingerprint density at radius 3 is 2.69 bits per heavy atom. The van der Waals surface area contributed by atoms with Gasteiger partial charge in [-0.05, 0) is 30.5 Å². The molecule has 1 atom stereocenters. The van der Waals surface area contributed by atoms with Crippen LogP contribution < -0.4 is 10.1 Å². The predicted octanol–water partition coefficient (Wildman–Crippen LogP) is 2.25. The average molecular weight is 354 g/mol. The lowest BCUT2D eigenvalue weighted by Crippen LogP contribution is -2.44. The van der Waals surface area contributed by atoms with Crippen molar-refractivity contribution in [1.29, 1.82) is 0 Å². The SMILES string of the molecule is O=C(NCC1Cc2ccccc2O1)C1CCN(C(=O)c2ccoc2)CC1. The van der Waals surface area contributed by atoms with E-state index in [9.17, 15) is 9.59 Å². The van der Waals surface area contributed by atoms with E-state index in [2.05, 4.69) is 11.4 Å². The van der Waals surface area contributed by atoms with E-state index in [1.165, 1.54) is 18.1 Å². The Morgan fingerprint density at radius 1 is 1.15 bits per heavy atom. The highest BCUT2D eigenvalue weighted by atomic mass is 16.5. The molecule has 2 aromatic rings. The van der Waals surface area contributed by atoms with Crippen LogP contribution in [0, 0.1) is 5.92 Å². The van der Waals surface area contributed by atoms with Crippen molar-refractivity contribution in [3.63, 3.8) is 0 Å². The minimum Gasteiger partial charge on any atom is -0.488 e. The van der Waals surface area contributed by atoms with E-state index in [1.54, 1.807) is 11.0 Å². The van der Waals surface area contributed by atoms with Crippen LogP contribution in [-0.2, 0) is 11.2 Å². The average Bonchev–Trinajstić information content (AvgIpc) is 3.35. The largest absolute Gasteiger partial charge is 0.488 e. The molecule has 2 amide bonds. The van der Waals surface area contributed by atoms with Gasteiger partial charge in [-0.1, -0.05) is 18.2 Å². The van der Waals surface area contributed by atoms with Crippen LogP contribution in [0.25, 0.3) is 0 Å². The summed E-state index contributed by atoms with van der Waals surface area (Å²) in [6.07, 6.45) is 5.15. The molecule has 0 saturated carbocycles. The summed E-state index contributed by atoms with van der Waals surface area (Å²) in [5, 5.41) is 3.02. The number of nitrogens with zero attached hydrogens (tertiary/aromatic N) is 1. The maximum absolute atomic E-state index is 12.4. The van der Waals surface area contributed by atoms with Gasteiger partial charge in [-0.2, -0.15) is 0 Å². The van der Waals surface area contributed by atoms with E-state index in [-0.39, 0.29) is 23.8 Å². The molecule has 1 saturated heterocycles. The second kappa shape index (κ2) is 7.23. The summed E-state index contributed by atoms with van der Waals surface area (Å²) in [4.78, 5) is 26.5. The minimum atomic E-state index is -0.0489. The van der Waals surface area contributed by atoms with Gasteiger partial charge in [0.1, 0.15) is 18.1 Å². The third-order valence-corrected chi connectivity index (χ3v) is 5.14. The molecule has 2 aliphatic heterocycles. The van der Waals surface area contributed by atoms with E-state index in [1.807, 2.05) is 18.2 Å². The van der Waals surface area contributed by atoms with Gasteiger partial charge in [0.2, 0.25) is 5.91 Å². The molecule has 1 unspecified atom stereocenters. The number of fused-ring (bicyclic) bond motifs is 1. The van der Waals surface area contributed by atoms with E-state index < -0.39 is 0 Å². The number of ether oxygens (including phenoxy) is 1. The number of nitrogens with one attached hydrogen (secondary N) is 1. The van der Waals surface area contributed by atoms with Crippen molar-refractivity contribution >= 4 is 11.8 Å². The topological polar surface area (TPSA) is 71.8 Å². The fraction of sp³-hybridized carbons (Fsp3) is 0.400. The van der Waals surface area contributed by atoms with E-state index >= 15 is 0 Å². The van der Waals surface area contributed by atoms with Crippen LogP contribution in [0.3, 0.4) is 0 Å². The van der Waals surface area contributed by atoms with Crippen molar-refractivity contribution in [2.45, 2.75) is 25.4 Å². The summed E-state index contributed by atoms with van der Waals surface area (Å²) >= 11 is 0. The second-order valence-electron chi connectivity index (χ2n) is 6.88. The normalized spacial score (nSPS) is 19.7. The van der Waals surface area contributed by atoms with Gasteiger partial charge in [-0.15, -0.1) is 0 Å². The summed E-state index contributed by atoms with van der Waals surface area (Å²) < 4.78 is 10.8. The molecule has 0 spiro atoms. The Kier molecular flexibility index (Phi) is 4.65. The fourth-order valence-electron chi connectivity index (χ4n) is 3.64. The van der Waals surface area contributed by atoms with Gasteiger partial charge in [0.25, 0.3) is 5.91 Å². The van der Waals surface area contributed by atoms with Gasteiger partial charge in [0, 0.05) is 25.4 Å². The zero-order valence-electron chi connectivity index (χ0n) is 14.5. The lowest BCUT2D eigenvalue weighted by Gasteiger charge is -2.31. The number of piperidine rings is 1. The molecule has 0 radical (unpaired) electrons. The third-order valence-electron chi connectivity index (χ3n) is 5.14. The highest BCUT2D eigenvalue weighted by Crippen LogP contribution is 2.28. The van der Waals surface area contributed by atoms with Gasteiger partial charge >= 0.3 is 0 Å². The molecule has 6 nitrogen and oxygen atoms in total. The van der Waals surface area contributed by atoms with Gasteiger partial charge < -0.3 is 19.4 Å². The maximum Gasteiger partial charge on any atom is 0.257 e. The summed E-state index contributed by atoms with van der Waals surface area (Å²) in [5.74, 6) is 0.889. The van der Waals surface area contributed by atoms with E-state index in [0.29, 0.717) is 38.0 Å². The van der Waals surface area contributed by atoms with Gasteiger partial charge in [0.15, 0.2) is 0 Å². The van der Waals surface area contributed by atoms with Crippen molar-refractivity contribution in [3.05, 3.63) is 54.0 Å². The minimum absolute atomic E-state index is 0.000826. The molecule has 6 heteroatoms. The number of amides is 2. The second-order valence-corrected chi connectivity index (χ2v) is 6.88. The van der Waals surface area contributed by atoms with Crippen LogP contribution in [0.15, 0.2) is 47.3 Å². The first-order chi connectivity index (χ1) is 12.7. The number of para-hydroxylation sites is 1. The van der Waals surface area contributed by atoms with Crippen molar-refractivity contribution < 1.29 is 18.7 Å². The predicted molar refractivity (Wildman–Crippen MR) is 94.9 cm³/mol. The number of hydrogen-bond acceptors (Lipinski definition) is 4. The monoisotopic (exact) mass is 354 g/mol. The molecular weight excluding hydrogens is 332 g/mol. The molecule has 1 aromatic carbocycles. The zero-order valence-corrected chi connectivity index (χ0v) is 14.5. The Labute approximate surface area is 152 Å². The standard InChI is InChI=1S/C20H22N2O4/c23-19(21-12-17-11-15-3-1-2-4-18(15)26-17)14-5-8-22(9-6-14)20(24)16-7-10-25-13-16/h1-4,7,10,13-14,17H,5-6,8-9,11-12H2,(H,21,23). The first-order valence-electron chi connectivity index (χ1n) is 9.04. The highest BCUT2D eigenvalue weighted by molar-refractivity contribution is 5.94. The van der Waals surface area contributed by atoms with Crippen molar-refractivity contribution in [2.75, 3.05) is 19.6 Å². The first kappa shape index (κ1) is 16.7. The molecule has 1 aromatic heterocycles. The number of carbonyl (C=O) groups is 2. The molecule has 2 aliphatic rings. The summed E-state index contributed by atoms with van der Waals surface area (Å²) in [6.45, 7) is 1.70. The van der Waals surface area contributed by atoms with Crippen molar-refractivity contribution in [2.24, 2.45) is 5.92 Å². The van der Waals surface area contributed by atoms with Gasteiger partial charge in [-0.3, -0.25) is 9.59 Å². The number of likely N-dealkylation sites (tertiary alicyclic amines) is 1. The van der Waals surface area contributed by atoms with Crippen LogP contribution >= 0.6 is 0 Å². The van der Waals surface area contributed by atoms with E-state index in [0.717, 1.165) is 12.2 Å². The molecule has 136 valence electrons. The highest BCUT2D eigenvalue weighted by Gasteiger charge is 2.29. The first-order valence-corrected chi connectivity index (χ1v) is 9.04. The van der Waals surface area contributed by atoms with Crippen molar-refractivity contribution in [1.82, 2.24) is 10.2 Å². The van der Waals surface area contributed by atoms with Crippen LogP contribution in [0.4, 0.5) is 0 Å². The lowest BCUT2D eigenvalue weighted by atomic mass is 9.95. The number of hydrogen-bond donors (Lipinski definition) is 1. The van der Waals surface area contributed by atoms with Crippen LogP contribution in [-0.4, -0.2) is 42.5 Å². The van der Waals surface area contributed by atoms with Crippen LogP contribution in [0.2, 0.25) is 0 Å². The smallest absolute Gasteiger partial charge is 0.257 e. The Morgan fingerprint density at radius 2 is 1.96 bits per heavy atom. The lowest BCUT2D eigenvalue weighted by molar-refractivity contribution is -0.126. The molecule has 0 bridgehead atoms. The van der Waals surface area contributed by atoms with Crippen molar-refractivity contribution in [3.8, 4) is 5.75 Å². The molecule has 4 rings (SSSR count). The third kappa shape index (κ3) is 3.45. The van der Waals surface area contributed by atoms with E-state index in [4.69, 9.17) is 9.15 Å². The number of rotatable bonds is 4. The van der Waals surface area contributed by atoms with Gasteiger partial charge in [0.05, 0.1) is 18.4 Å². The number of carbonyl (C=O) groups excluding carboxylic acids is 2. The summed E-state index contributed by atoms with van der Waals surface area (Å²) in [7, 11) is 0. The Balaban J connectivity index is 1.22. The number of furan rings is 1. The molecule has 3 heterocycles. The van der Waals surface area contributed by atoms with Crippen LogP contribution in [0.1, 0.15) is 28.8 Å². The quantitative estimate of drug-likeness (QED) is 0.914. The molecule has 1 N–H and O–H groups in total. The molecule has 26 heavy (non-hydrogen) atoms. The van der Waals surface area contributed by atoms with Gasteiger partial charge in [-0.25, -0.2) is 0 Å². The maximum atomic E-state index is 12.4. The van der Waals surface area contributed by atoms with Crippen LogP contribution in [0.5, 0.6) is 5.75 Å². The zero-order chi connectivity index (χ0) is 17.9. The fourth-order valence-corrected chi connectivity index (χ4v) is 3.64. The Hall–Kier alpha value is -2.76. The molecular formula is C20H22N2O4. The number of benzene rings is 1. The summed E-state index contributed by atoms with van der Waals surface area (Å²) in [5.41, 5.74) is 1.75. The molecule has 1 fully saturated rings. The molecule has 0 aliphatic carbocycles. The Bertz CT molecular complexity index is 754.